The first-order chi connectivity index (χ1) is 7.25. The summed E-state index contributed by atoms with van der Waals surface area (Å²) in [6, 6.07) is -0.276. The first kappa shape index (κ1) is 15.1. The van der Waals surface area contributed by atoms with Crippen LogP contribution in [0, 0.1) is 0 Å². The third-order valence-electron chi connectivity index (χ3n) is 2.61. The quantitative estimate of drug-likeness (QED) is 0.794. The molecule has 0 aromatic carbocycles. The molecule has 0 aromatic rings. The van der Waals surface area contributed by atoms with Crippen LogP contribution in [-0.2, 0) is 4.79 Å². The van der Waals surface area contributed by atoms with Crippen molar-refractivity contribution in [3.63, 3.8) is 0 Å². The fourth-order valence-electron chi connectivity index (χ4n) is 0.963. The Morgan fingerprint density at radius 2 is 1.81 bits per heavy atom. The van der Waals surface area contributed by atoms with Crippen molar-refractivity contribution in [1.29, 1.82) is 0 Å². The number of nitrogens with zero attached hydrogens (tertiary/aromatic N) is 2. The fraction of sp³-hybridized carbons (Fsp3) is 0.800. The molecule has 94 valence electrons. The molecular formula is C10H20N2O3S. The highest BCUT2D eigenvalue weighted by atomic mass is 32.2. The molecule has 16 heavy (non-hydrogen) atoms. The Bertz CT molecular complexity index is 269. The van der Waals surface area contributed by atoms with Crippen LogP contribution in [0.15, 0.2) is 0 Å². The lowest BCUT2D eigenvalue weighted by Gasteiger charge is -2.34. The minimum Gasteiger partial charge on any atom is -0.480 e. The number of hydrogen-bond acceptors (Lipinski definition) is 3. The maximum absolute atomic E-state index is 11.9. The summed E-state index contributed by atoms with van der Waals surface area (Å²) in [7, 11) is 3.18. The molecule has 5 nitrogen and oxygen atoms in total. The lowest BCUT2D eigenvalue weighted by Crippen LogP contribution is -2.54. The molecule has 2 amide bonds. The van der Waals surface area contributed by atoms with E-state index in [1.807, 2.05) is 6.26 Å². The van der Waals surface area contributed by atoms with Gasteiger partial charge in [-0.15, -0.1) is 0 Å². The van der Waals surface area contributed by atoms with Crippen molar-refractivity contribution in [2.75, 3.05) is 32.6 Å². The molecule has 6 heteroatoms. The standard InChI is InChI=1S/C10H20N2O3S/c1-10(2,8(13)14)12(4)9(15)11(3)6-7-16-5/h6-7H2,1-5H3,(H,13,14). The summed E-state index contributed by atoms with van der Waals surface area (Å²) in [6.45, 7) is 3.63. The van der Waals surface area contributed by atoms with E-state index in [0.29, 0.717) is 6.54 Å². The zero-order chi connectivity index (χ0) is 12.9. The third kappa shape index (κ3) is 3.59. The molecule has 0 aliphatic carbocycles. The molecule has 0 aliphatic heterocycles. The van der Waals surface area contributed by atoms with Gasteiger partial charge in [0.1, 0.15) is 5.54 Å². The number of carbonyl (C=O) groups is 2. The van der Waals surface area contributed by atoms with Crippen molar-refractivity contribution in [2.24, 2.45) is 0 Å². The number of carbonyl (C=O) groups excluding carboxylic acids is 1. The van der Waals surface area contributed by atoms with Crippen LogP contribution in [0.1, 0.15) is 13.8 Å². The van der Waals surface area contributed by atoms with Gasteiger partial charge in [0, 0.05) is 26.4 Å². The molecule has 0 rings (SSSR count). The summed E-state index contributed by atoms with van der Waals surface area (Å²) in [4.78, 5) is 25.6. The van der Waals surface area contributed by atoms with Gasteiger partial charge >= 0.3 is 12.0 Å². The molecule has 0 saturated heterocycles. The second kappa shape index (κ2) is 5.98. The van der Waals surface area contributed by atoms with Gasteiger partial charge in [-0.25, -0.2) is 9.59 Å². The minimum atomic E-state index is -1.19. The summed E-state index contributed by atoms with van der Waals surface area (Å²) < 4.78 is 0. The molecule has 0 aromatic heterocycles. The Labute approximate surface area is 101 Å². The molecule has 0 unspecified atom stereocenters. The van der Waals surface area contributed by atoms with Gasteiger partial charge in [-0.2, -0.15) is 11.8 Å². The normalized spacial score (nSPS) is 11.1. The molecule has 0 fully saturated rings. The number of carboxylic acids is 1. The SMILES string of the molecule is CSCCN(C)C(=O)N(C)C(C)(C)C(=O)O. The molecule has 0 saturated carbocycles. The van der Waals surface area contributed by atoms with E-state index >= 15 is 0 Å². The van der Waals surface area contributed by atoms with E-state index in [2.05, 4.69) is 0 Å². The van der Waals surface area contributed by atoms with Crippen LogP contribution in [0.2, 0.25) is 0 Å². The van der Waals surface area contributed by atoms with Crippen LogP contribution in [0.3, 0.4) is 0 Å². The van der Waals surface area contributed by atoms with Crippen LogP contribution in [0.25, 0.3) is 0 Å². The van der Waals surface area contributed by atoms with E-state index in [4.69, 9.17) is 5.11 Å². The van der Waals surface area contributed by atoms with E-state index in [-0.39, 0.29) is 6.03 Å². The van der Waals surface area contributed by atoms with Gasteiger partial charge in [-0.3, -0.25) is 0 Å². The first-order valence-corrected chi connectivity index (χ1v) is 6.35. The average molecular weight is 248 g/mol. The van der Waals surface area contributed by atoms with Gasteiger partial charge in [0.25, 0.3) is 0 Å². The maximum atomic E-state index is 11.9. The number of thioether (sulfide) groups is 1. The highest BCUT2D eigenvalue weighted by molar-refractivity contribution is 7.98. The van der Waals surface area contributed by atoms with Crippen molar-refractivity contribution in [3.8, 4) is 0 Å². The van der Waals surface area contributed by atoms with Gasteiger partial charge in [-0.1, -0.05) is 0 Å². The summed E-state index contributed by atoms with van der Waals surface area (Å²) in [5.74, 6) is -0.176. The maximum Gasteiger partial charge on any atom is 0.329 e. The number of likely N-dealkylation sites (N-methyl/N-ethyl adjacent to an activating group) is 1. The topological polar surface area (TPSA) is 60.9 Å². The van der Waals surface area contributed by atoms with Crippen LogP contribution in [0.4, 0.5) is 4.79 Å². The molecule has 0 heterocycles. The van der Waals surface area contributed by atoms with Crippen LogP contribution in [-0.4, -0.2) is 65.1 Å². The smallest absolute Gasteiger partial charge is 0.329 e. The molecule has 0 radical (unpaired) electrons. The predicted molar refractivity (Wildman–Crippen MR) is 65.9 cm³/mol. The van der Waals surface area contributed by atoms with Crippen molar-refractivity contribution >= 4 is 23.8 Å². The Morgan fingerprint density at radius 3 is 2.19 bits per heavy atom. The number of hydrogen-bond donors (Lipinski definition) is 1. The molecule has 0 aliphatic rings. The summed E-state index contributed by atoms with van der Waals surface area (Å²) in [6.07, 6.45) is 1.96. The van der Waals surface area contributed by atoms with Gasteiger partial charge in [0.15, 0.2) is 0 Å². The zero-order valence-electron chi connectivity index (χ0n) is 10.5. The van der Waals surface area contributed by atoms with Gasteiger partial charge < -0.3 is 14.9 Å². The Kier molecular flexibility index (Phi) is 5.64. The van der Waals surface area contributed by atoms with Crippen LogP contribution >= 0.6 is 11.8 Å². The number of rotatable bonds is 5. The lowest BCUT2D eigenvalue weighted by atomic mass is 10.0. The molecule has 0 bridgehead atoms. The van der Waals surface area contributed by atoms with Crippen molar-refractivity contribution in [2.45, 2.75) is 19.4 Å². The van der Waals surface area contributed by atoms with E-state index < -0.39 is 11.5 Å². The molecule has 0 spiro atoms. The van der Waals surface area contributed by atoms with E-state index in [0.717, 1.165) is 5.75 Å². The third-order valence-corrected chi connectivity index (χ3v) is 3.20. The summed E-state index contributed by atoms with van der Waals surface area (Å²) >= 11 is 1.64. The molecular weight excluding hydrogens is 228 g/mol. The predicted octanol–water partition coefficient (Wildman–Crippen LogP) is 1.20. The van der Waals surface area contributed by atoms with Crippen LogP contribution < -0.4 is 0 Å². The van der Waals surface area contributed by atoms with E-state index in [9.17, 15) is 9.59 Å². The van der Waals surface area contributed by atoms with Crippen LogP contribution in [0.5, 0.6) is 0 Å². The van der Waals surface area contributed by atoms with Gasteiger partial charge in [0.05, 0.1) is 0 Å². The zero-order valence-corrected chi connectivity index (χ0v) is 11.3. The Morgan fingerprint density at radius 1 is 1.31 bits per heavy atom. The highest BCUT2D eigenvalue weighted by Crippen LogP contribution is 2.14. The second-order valence-corrected chi connectivity index (χ2v) is 5.11. The molecule has 1 N–H and O–H groups in total. The van der Waals surface area contributed by atoms with Crippen molar-refractivity contribution < 1.29 is 14.7 Å². The van der Waals surface area contributed by atoms with Gasteiger partial charge in [0.2, 0.25) is 0 Å². The Hall–Kier alpha value is -0.910. The second-order valence-electron chi connectivity index (χ2n) is 4.12. The molecule has 0 atom stereocenters. The highest BCUT2D eigenvalue weighted by Gasteiger charge is 2.36. The minimum absolute atomic E-state index is 0.276. The van der Waals surface area contributed by atoms with Crippen molar-refractivity contribution in [3.05, 3.63) is 0 Å². The number of aliphatic carboxylic acids is 1. The summed E-state index contributed by atoms with van der Waals surface area (Å²) in [5, 5.41) is 9.00. The number of amides is 2. The first-order valence-electron chi connectivity index (χ1n) is 4.96. The number of urea groups is 1. The Balaban J connectivity index is 4.54. The fourth-order valence-corrected chi connectivity index (χ4v) is 1.42. The number of carboxylic acid groups (broad SMARTS) is 1. The average Bonchev–Trinajstić information content (AvgIpc) is 2.23. The largest absolute Gasteiger partial charge is 0.480 e. The monoisotopic (exact) mass is 248 g/mol. The lowest BCUT2D eigenvalue weighted by molar-refractivity contribution is -0.147. The van der Waals surface area contributed by atoms with E-state index in [1.54, 1.807) is 18.8 Å². The van der Waals surface area contributed by atoms with Gasteiger partial charge in [-0.05, 0) is 20.1 Å². The summed E-state index contributed by atoms with van der Waals surface area (Å²) in [5.41, 5.74) is -1.19. The van der Waals surface area contributed by atoms with Crippen molar-refractivity contribution in [1.82, 2.24) is 9.80 Å². The van der Waals surface area contributed by atoms with E-state index in [1.165, 1.54) is 30.7 Å².